The average molecular weight is 126 g/mol. The third-order valence-electron chi connectivity index (χ3n) is 0.978. The van der Waals surface area contributed by atoms with E-state index in [1.54, 1.807) is 13.0 Å². The van der Waals surface area contributed by atoms with Crippen molar-refractivity contribution in [3.8, 4) is 0 Å². The minimum atomic E-state index is -1.52. The zero-order valence-corrected chi connectivity index (χ0v) is 5.02. The summed E-state index contributed by atoms with van der Waals surface area (Å²) in [6, 6.07) is 1.69. The Hall–Kier alpha value is -0.805. The second-order valence-corrected chi connectivity index (χ2v) is 1.78. The van der Waals surface area contributed by atoms with Crippen molar-refractivity contribution < 1.29 is 10.0 Å². The van der Waals surface area contributed by atoms with E-state index in [1.807, 2.05) is 0 Å². The number of aromatic nitrogens is 2. The molecule has 0 aliphatic carbocycles. The van der Waals surface area contributed by atoms with Crippen molar-refractivity contribution in [2.45, 2.75) is 6.92 Å². The molecule has 9 heavy (non-hydrogen) atoms. The summed E-state index contributed by atoms with van der Waals surface area (Å²) in [6.45, 7) is 1.78. The van der Waals surface area contributed by atoms with Crippen LogP contribution >= 0.6 is 0 Å². The van der Waals surface area contributed by atoms with Gasteiger partial charge >= 0.3 is 7.25 Å². The van der Waals surface area contributed by atoms with E-state index >= 15 is 0 Å². The molecular weight excluding hydrogens is 119 g/mol. The van der Waals surface area contributed by atoms with E-state index < -0.39 is 7.25 Å². The maximum atomic E-state index is 8.49. The summed E-state index contributed by atoms with van der Waals surface area (Å²) in [4.78, 5) is 0. The average Bonchev–Trinajstić information content (AvgIpc) is 2.14. The van der Waals surface area contributed by atoms with Crippen LogP contribution in [-0.4, -0.2) is 27.0 Å². The number of hydrogen-bond acceptors (Lipinski definition) is 3. The summed E-state index contributed by atoms with van der Waals surface area (Å²) in [5.41, 5.74) is 0.767. The normalized spacial score (nSPS) is 9.67. The van der Waals surface area contributed by atoms with E-state index in [4.69, 9.17) is 10.0 Å². The number of aryl methyl sites for hydroxylation is 1. The maximum Gasteiger partial charge on any atom is 0.609 e. The molecule has 0 unspecified atom stereocenters. The molecule has 2 N–H and O–H groups in total. The summed E-state index contributed by atoms with van der Waals surface area (Å²) in [7, 11) is -1.52. The Balaban J connectivity index is 2.85. The van der Waals surface area contributed by atoms with Crippen LogP contribution in [0.1, 0.15) is 5.69 Å². The van der Waals surface area contributed by atoms with Gasteiger partial charge in [0.1, 0.15) is 0 Å². The van der Waals surface area contributed by atoms with Crippen LogP contribution in [0.15, 0.2) is 12.3 Å². The van der Waals surface area contributed by atoms with Crippen molar-refractivity contribution in [1.82, 2.24) is 9.69 Å². The second kappa shape index (κ2) is 2.20. The molecule has 0 bridgehead atoms. The van der Waals surface area contributed by atoms with Crippen LogP contribution in [0.4, 0.5) is 0 Å². The Morgan fingerprint density at radius 2 is 2.33 bits per heavy atom. The molecule has 1 heterocycles. The van der Waals surface area contributed by atoms with Gasteiger partial charge in [0.05, 0.1) is 5.69 Å². The molecule has 0 atom stereocenters. The third-order valence-corrected chi connectivity index (χ3v) is 0.978. The van der Waals surface area contributed by atoms with Gasteiger partial charge in [-0.15, -0.1) is 0 Å². The zero-order chi connectivity index (χ0) is 6.85. The first kappa shape index (κ1) is 6.32. The van der Waals surface area contributed by atoms with E-state index in [2.05, 4.69) is 5.10 Å². The van der Waals surface area contributed by atoms with Gasteiger partial charge in [-0.1, -0.05) is 0 Å². The van der Waals surface area contributed by atoms with Crippen LogP contribution in [0.5, 0.6) is 0 Å². The SMILES string of the molecule is Cc1ccn(B(O)O)n1. The van der Waals surface area contributed by atoms with Crippen LogP contribution in [0, 0.1) is 6.92 Å². The van der Waals surface area contributed by atoms with E-state index in [9.17, 15) is 0 Å². The molecule has 0 aliphatic rings. The summed E-state index contributed by atoms with van der Waals surface area (Å²) >= 11 is 0. The molecule has 0 fully saturated rings. The molecule has 0 saturated heterocycles. The molecule has 48 valence electrons. The quantitative estimate of drug-likeness (QED) is 0.475. The van der Waals surface area contributed by atoms with Crippen LogP contribution in [0.2, 0.25) is 0 Å². The topological polar surface area (TPSA) is 58.3 Å². The summed E-state index contributed by atoms with van der Waals surface area (Å²) in [6.07, 6.45) is 1.50. The Morgan fingerprint density at radius 1 is 1.67 bits per heavy atom. The van der Waals surface area contributed by atoms with Crippen LogP contribution in [0.3, 0.4) is 0 Å². The smallest absolute Gasteiger partial charge is 0.407 e. The molecule has 0 aromatic carbocycles. The molecule has 1 aromatic heterocycles. The van der Waals surface area contributed by atoms with Crippen molar-refractivity contribution in [2.24, 2.45) is 0 Å². The van der Waals surface area contributed by atoms with E-state index in [0.29, 0.717) is 0 Å². The molecule has 0 radical (unpaired) electrons. The Morgan fingerprint density at radius 3 is 2.56 bits per heavy atom. The van der Waals surface area contributed by atoms with Crippen LogP contribution in [-0.2, 0) is 0 Å². The minimum Gasteiger partial charge on any atom is -0.407 e. The lowest BCUT2D eigenvalue weighted by Gasteiger charge is -1.93. The molecule has 5 heteroatoms. The second-order valence-electron chi connectivity index (χ2n) is 1.78. The van der Waals surface area contributed by atoms with Gasteiger partial charge in [-0.2, -0.15) is 5.10 Å². The van der Waals surface area contributed by atoms with Crippen molar-refractivity contribution in [3.63, 3.8) is 0 Å². The molecule has 0 spiro atoms. The molecule has 1 aromatic rings. The monoisotopic (exact) mass is 126 g/mol. The highest BCUT2D eigenvalue weighted by molar-refractivity contribution is 6.38. The fourth-order valence-corrected chi connectivity index (χ4v) is 0.562. The summed E-state index contributed by atoms with van der Waals surface area (Å²) in [5, 5.41) is 20.7. The summed E-state index contributed by atoms with van der Waals surface area (Å²) in [5.74, 6) is 0. The van der Waals surface area contributed by atoms with Crippen molar-refractivity contribution >= 4 is 7.25 Å². The fourth-order valence-electron chi connectivity index (χ4n) is 0.562. The van der Waals surface area contributed by atoms with Crippen LogP contribution in [0.25, 0.3) is 0 Å². The first-order valence-electron chi connectivity index (χ1n) is 2.58. The van der Waals surface area contributed by atoms with Gasteiger partial charge < -0.3 is 10.0 Å². The molecular formula is C4H7BN2O2. The minimum absolute atomic E-state index is 0.767. The lowest BCUT2D eigenvalue weighted by Crippen LogP contribution is -2.24. The molecule has 0 aliphatic heterocycles. The Bertz CT molecular complexity index is 198. The van der Waals surface area contributed by atoms with Crippen molar-refractivity contribution in [3.05, 3.63) is 18.0 Å². The highest BCUT2D eigenvalue weighted by Crippen LogP contribution is 1.90. The van der Waals surface area contributed by atoms with Gasteiger partial charge in [-0.25, -0.2) is 0 Å². The van der Waals surface area contributed by atoms with Gasteiger partial charge in [-0.05, 0) is 13.0 Å². The van der Waals surface area contributed by atoms with Crippen molar-refractivity contribution in [2.75, 3.05) is 0 Å². The molecule has 1 rings (SSSR count). The lowest BCUT2D eigenvalue weighted by atomic mass is 10.2. The maximum absolute atomic E-state index is 8.49. The fraction of sp³-hybridized carbons (Fsp3) is 0.250. The highest BCUT2D eigenvalue weighted by atomic mass is 16.4. The molecule has 0 saturated carbocycles. The molecule has 0 amide bonds. The Kier molecular flexibility index (Phi) is 1.55. The van der Waals surface area contributed by atoms with Gasteiger partial charge in [0, 0.05) is 6.20 Å². The van der Waals surface area contributed by atoms with Gasteiger partial charge in [0.2, 0.25) is 0 Å². The summed E-state index contributed by atoms with van der Waals surface area (Å²) < 4.78 is 1.06. The Labute approximate surface area is 52.9 Å². The van der Waals surface area contributed by atoms with E-state index in [-0.39, 0.29) is 0 Å². The number of hydrogen-bond donors (Lipinski definition) is 2. The standard InChI is InChI=1S/C4H7BN2O2/c1-4-2-3-7(6-4)5(8)9/h2-3,8-9H,1H3. The van der Waals surface area contributed by atoms with Crippen LogP contribution < -0.4 is 0 Å². The predicted octanol–water partition coefficient (Wildman–Crippen LogP) is -0.991. The number of nitrogens with zero attached hydrogens (tertiary/aromatic N) is 2. The first-order chi connectivity index (χ1) is 4.20. The lowest BCUT2D eigenvalue weighted by molar-refractivity contribution is 0.382. The molecule has 4 nitrogen and oxygen atoms in total. The van der Waals surface area contributed by atoms with Gasteiger partial charge in [0.25, 0.3) is 0 Å². The van der Waals surface area contributed by atoms with Gasteiger partial charge in [0.15, 0.2) is 0 Å². The van der Waals surface area contributed by atoms with E-state index in [1.165, 1.54) is 6.20 Å². The number of rotatable bonds is 1. The van der Waals surface area contributed by atoms with E-state index in [0.717, 1.165) is 10.3 Å². The largest absolute Gasteiger partial charge is 0.609 e. The van der Waals surface area contributed by atoms with Gasteiger partial charge in [-0.3, -0.25) is 4.59 Å². The zero-order valence-electron chi connectivity index (χ0n) is 5.02. The predicted molar refractivity (Wildman–Crippen MR) is 32.6 cm³/mol. The third kappa shape index (κ3) is 1.31. The first-order valence-corrected chi connectivity index (χ1v) is 2.58. The van der Waals surface area contributed by atoms with Crippen molar-refractivity contribution in [1.29, 1.82) is 0 Å². The highest BCUT2D eigenvalue weighted by Gasteiger charge is 2.10.